The zero-order chi connectivity index (χ0) is 15.0. The highest BCUT2D eigenvalue weighted by molar-refractivity contribution is 14.1. The van der Waals surface area contributed by atoms with Gasteiger partial charge < -0.3 is 5.73 Å². The van der Waals surface area contributed by atoms with E-state index >= 15 is 0 Å². The average molecular weight is 462 g/mol. The molecule has 1 aromatic heterocycles. The number of aromatic nitrogens is 2. The number of hydrogen-bond acceptors (Lipinski definition) is 3. The molecule has 21 heavy (non-hydrogen) atoms. The minimum atomic E-state index is -0.309. The topological polar surface area (TPSA) is 51.8 Å². The first-order valence-corrected chi connectivity index (χ1v) is 8.72. The Morgan fingerprint density at radius 2 is 1.95 bits per heavy atom. The molecule has 2 N–H and O–H groups in total. The summed E-state index contributed by atoms with van der Waals surface area (Å²) >= 11 is 5.64. The normalized spacial score (nSPS) is 15.6. The second-order valence-corrected chi connectivity index (χ2v) is 7.17. The van der Waals surface area contributed by atoms with Gasteiger partial charge >= 0.3 is 0 Å². The van der Waals surface area contributed by atoms with E-state index in [2.05, 4.69) is 43.5 Å². The maximum atomic E-state index is 13.5. The molecule has 0 atom stereocenters. The van der Waals surface area contributed by atoms with Gasteiger partial charge in [0.1, 0.15) is 11.6 Å². The van der Waals surface area contributed by atoms with Crippen molar-refractivity contribution in [3.05, 3.63) is 37.8 Å². The molecule has 0 aliphatic heterocycles. The molecule has 0 spiro atoms. The summed E-state index contributed by atoms with van der Waals surface area (Å²) in [5.74, 6) is 1.09. The van der Waals surface area contributed by atoms with Gasteiger partial charge in [0.15, 0.2) is 5.82 Å². The first-order chi connectivity index (χ1) is 10.1. The number of halogens is 3. The Morgan fingerprint density at radius 3 is 2.67 bits per heavy atom. The van der Waals surface area contributed by atoms with E-state index in [9.17, 15) is 4.39 Å². The molecule has 0 amide bonds. The summed E-state index contributed by atoms with van der Waals surface area (Å²) < 4.78 is 15.2. The number of nitrogens with zero attached hydrogens (tertiary/aromatic N) is 2. The van der Waals surface area contributed by atoms with Crippen LogP contribution in [-0.4, -0.2) is 9.97 Å². The fraction of sp³-hybridized carbons (Fsp3) is 0.333. The quantitative estimate of drug-likeness (QED) is 0.648. The van der Waals surface area contributed by atoms with Crippen molar-refractivity contribution in [1.82, 2.24) is 9.97 Å². The van der Waals surface area contributed by atoms with E-state index in [-0.39, 0.29) is 5.82 Å². The van der Waals surface area contributed by atoms with Crippen LogP contribution in [0.1, 0.15) is 37.3 Å². The molecule has 1 aliphatic carbocycles. The number of nitrogen functional groups attached to an aromatic ring is 1. The van der Waals surface area contributed by atoms with Crippen LogP contribution in [0.4, 0.5) is 10.2 Å². The third kappa shape index (κ3) is 3.06. The largest absolute Gasteiger partial charge is 0.383 e. The molecule has 0 saturated heterocycles. The summed E-state index contributed by atoms with van der Waals surface area (Å²) in [7, 11) is 0. The Morgan fingerprint density at radius 1 is 1.24 bits per heavy atom. The van der Waals surface area contributed by atoms with Crippen molar-refractivity contribution in [2.75, 3.05) is 5.73 Å². The van der Waals surface area contributed by atoms with Crippen LogP contribution < -0.4 is 5.73 Å². The van der Waals surface area contributed by atoms with Gasteiger partial charge in [0.25, 0.3) is 0 Å². The van der Waals surface area contributed by atoms with Crippen LogP contribution in [0.3, 0.4) is 0 Å². The van der Waals surface area contributed by atoms with Gasteiger partial charge in [-0.15, -0.1) is 0 Å². The summed E-state index contributed by atoms with van der Waals surface area (Å²) in [6, 6.07) is 4.50. The van der Waals surface area contributed by atoms with Gasteiger partial charge in [0, 0.05) is 16.0 Å². The maximum Gasteiger partial charge on any atom is 0.163 e. The summed E-state index contributed by atoms with van der Waals surface area (Å²) in [4.78, 5) is 9.03. The number of rotatable bonds is 2. The van der Waals surface area contributed by atoms with E-state index in [1.165, 1.54) is 25.0 Å². The predicted octanol–water partition coefficient (Wildman–Crippen LogP) is 4.89. The molecule has 1 saturated carbocycles. The standard InChI is InChI=1S/C15H14BrFIN3/c16-11-6-5-9(17)7-10(11)15-20-13(8-3-1-2-4-8)12(18)14(19)21-15/h5-8H,1-4H2,(H2,19,20,21). The van der Waals surface area contributed by atoms with Crippen molar-refractivity contribution >= 4 is 44.3 Å². The Labute approximate surface area is 144 Å². The van der Waals surface area contributed by atoms with Gasteiger partial charge in [-0.25, -0.2) is 14.4 Å². The van der Waals surface area contributed by atoms with Crippen molar-refractivity contribution in [3.8, 4) is 11.4 Å². The van der Waals surface area contributed by atoms with Gasteiger partial charge in [0.2, 0.25) is 0 Å². The Hall–Kier alpha value is -0.760. The van der Waals surface area contributed by atoms with Crippen LogP contribution in [0.5, 0.6) is 0 Å². The zero-order valence-corrected chi connectivity index (χ0v) is 15.0. The molecule has 3 nitrogen and oxygen atoms in total. The van der Waals surface area contributed by atoms with Crippen molar-refractivity contribution < 1.29 is 4.39 Å². The molecule has 110 valence electrons. The van der Waals surface area contributed by atoms with Gasteiger partial charge in [-0.3, -0.25) is 0 Å². The van der Waals surface area contributed by atoms with Crippen molar-refractivity contribution in [1.29, 1.82) is 0 Å². The lowest BCUT2D eigenvalue weighted by atomic mass is 10.0. The summed E-state index contributed by atoms with van der Waals surface area (Å²) in [5, 5.41) is 0. The SMILES string of the molecule is Nc1nc(-c2cc(F)ccc2Br)nc(C2CCCC2)c1I. The summed E-state index contributed by atoms with van der Waals surface area (Å²) in [5.41, 5.74) is 7.69. The number of hydrogen-bond donors (Lipinski definition) is 1. The Bertz CT molecular complexity index is 687. The number of anilines is 1. The smallest absolute Gasteiger partial charge is 0.163 e. The second-order valence-electron chi connectivity index (χ2n) is 5.24. The van der Waals surface area contributed by atoms with Gasteiger partial charge in [0.05, 0.1) is 9.26 Å². The fourth-order valence-corrected chi connectivity index (χ4v) is 3.85. The highest BCUT2D eigenvalue weighted by atomic mass is 127. The van der Waals surface area contributed by atoms with Crippen LogP contribution in [0, 0.1) is 9.39 Å². The van der Waals surface area contributed by atoms with Gasteiger partial charge in [-0.1, -0.05) is 28.8 Å². The average Bonchev–Trinajstić information content (AvgIpc) is 2.98. The van der Waals surface area contributed by atoms with Crippen LogP contribution in [0.2, 0.25) is 0 Å². The lowest BCUT2D eigenvalue weighted by Gasteiger charge is -2.14. The molecule has 1 aromatic carbocycles. The first kappa shape index (κ1) is 15.1. The van der Waals surface area contributed by atoms with Crippen molar-refractivity contribution in [3.63, 3.8) is 0 Å². The van der Waals surface area contributed by atoms with E-state index < -0.39 is 0 Å². The fourth-order valence-electron chi connectivity index (χ4n) is 2.74. The maximum absolute atomic E-state index is 13.5. The molecular formula is C15H14BrFIN3. The van der Waals surface area contributed by atoms with E-state index in [0.717, 1.165) is 26.6 Å². The van der Waals surface area contributed by atoms with Gasteiger partial charge in [-0.2, -0.15) is 0 Å². The monoisotopic (exact) mass is 461 g/mol. The molecule has 0 bridgehead atoms. The van der Waals surface area contributed by atoms with E-state index in [1.54, 1.807) is 6.07 Å². The Kier molecular flexibility index (Phi) is 4.44. The summed E-state index contributed by atoms with van der Waals surface area (Å²) in [6.45, 7) is 0. The highest BCUT2D eigenvalue weighted by Gasteiger charge is 2.24. The van der Waals surface area contributed by atoms with E-state index in [4.69, 9.17) is 10.7 Å². The van der Waals surface area contributed by atoms with E-state index in [1.807, 2.05) is 0 Å². The molecule has 1 heterocycles. The minimum Gasteiger partial charge on any atom is -0.383 e. The van der Waals surface area contributed by atoms with Crippen molar-refractivity contribution in [2.24, 2.45) is 0 Å². The molecule has 3 rings (SSSR count). The second kappa shape index (κ2) is 6.16. The molecule has 6 heteroatoms. The molecule has 2 aromatic rings. The van der Waals surface area contributed by atoms with E-state index in [0.29, 0.717) is 23.1 Å². The van der Waals surface area contributed by atoms with Crippen molar-refractivity contribution in [2.45, 2.75) is 31.6 Å². The lowest BCUT2D eigenvalue weighted by Crippen LogP contribution is -2.08. The van der Waals surface area contributed by atoms with Crippen LogP contribution in [-0.2, 0) is 0 Å². The lowest BCUT2D eigenvalue weighted by molar-refractivity contribution is 0.627. The first-order valence-electron chi connectivity index (χ1n) is 6.84. The van der Waals surface area contributed by atoms with Crippen LogP contribution in [0.15, 0.2) is 22.7 Å². The van der Waals surface area contributed by atoms with Crippen LogP contribution >= 0.6 is 38.5 Å². The highest BCUT2D eigenvalue weighted by Crippen LogP contribution is 2.38. The summed E-state index contributed by atoms with van der Waals surface area (Å²) in [6.07, 6.45) is 4.72. The molecule has 0 radical (unpaired) electrons. The Balaban J connectivity index is 2.13. The molecule has 0 unspecified atom stereocenters. The van der Waals surface area contributed by atoms with Gasteiger partial charge in [-0.05, 0) is 53.6 Å². The predicted molar refractivity (Wildman–Crippen MR) is 93.5 cm³/mol. The number of benzene rings is 1. The molecule has 1 aliphatic rings. The third-order valence-electron chi connectivity index (χ3n) is 3.81. The zero-order valence-electron chi connectivity index (χ0n) is 11.2. The molecular weight excluding hydrogens is 448 g/mol. The van der Waals surface area contributed by atoms with Crippen LogP contribution in [0.25, 0.3) is 11.4 Å². The number of nitrogens with two attached hydrogens (primary N) is 1. The molecule has 1 fully saturated rings. The minimum absolute atomic E-state index is 0.309. The third-order valence-corrected chi connectivity index (χ3v) is 5.61.